The van der Waals surface area contributed by atoms with E-state index in [0.717, 1.165) is 5.56 Å². The lowest BCUT2D eigenvalue weighted by Crippen LogP contribution is -2.29. The highest BCUT2D eigenvalue weighted by Crippen LogP contribution is 2.19. The van der Waals surface area contributed by atoms with Crippen LogP contribution in [0.15, 0.2) is 43.2 Å². The van der Waals surface area contributed by atoms with Crippen LogP contribution in [0.25, 0.3) is 0 Å². The molecule has 0 aliphatic carbocycles. The first-order chi connectivity index (χ1) is 7.29. The average Bonchev–Trinajstić information content (AvgIpc) is 2.72. The summed E-state index contributed by atoms with van der Waals surface area (Å²) in [6.45, 7) is 1.99. The van der Waals surface area contributed by atoms with Crippen molar-refractivity contribution < 1.29 is 0 Å². The molecule has 0 aromatic carbocycles. The van der Waals surface area contributed by atoms with E-state index in [1.54, 1.807) is 24.9 Å². The van der Waals surface area contributed by atoms with E-state index in [1.807, 2.05) is 29.8 Å². The molecule has 0 amide bonds. The lowest BCUT2D eigenvalue weighted by atomic mass is 10.0. The molecule has 2 N–H and O–H groups in total. The SMILES string of the molecule is CC(N)C(c1ccncc1)n1ccnc1. The lowest BCUT2D eigenvalue weighted by Gasteiger charge is -2.22. The Bertz CT molecular complexity index is 394. The van der Waals surface area contributed by atoms with Crippen LogP contribution in [-0.4, -0.2) is 20.6 Å². The molecule has 0 spiro atoms. The Balaban J connectivity index is 2.37. The van der Waals surface area contributed by atoms with Crippen molar-refractivity contribution in [3.63, 3.8) is 0 Å². The van der Waals surface area contributed by atoms with Gasteiger partial charge in [-0.15, -0.1) is 0 Å². The average molecular weight is 202 g/mol. The van der Waals surface area contributed by atoms with E-state index in [1.165, 1.54) is 0 Å². The van der Waals surface area contributed by atoms with Crippen molar-refractivity contribution in [2.24, 2.45) is 5.73 Å². The number of hydrogen-bond acceptors (Lipinski definition) is 3. The van der Waals surface area contributed by atoms with Gasteiger partial charge >= 0.3 is 0 Å². The minimum absolute atomic E-state index is 0.0293. The number of nitrogens with two attached hydrogens (primary N) is 1. The summed E-state index contributed by atoms with van der Waals surface area (Å²) in [6, 6.07) is 4.11. The first kappa shape index (κ1) is 9.86. The summed E-state index contributed by atoms with van der Waals surface area (Å²) in [6.07, 6.45) is 9.03. The Morgan fingerprint density at radius 1 is 1.20 bits per heavy atom. The van der Waals surface area contributed by atoms with Gasteiger partial charge in [-0.2, -0.15) is 0 Å². The predicted molar refractivity (Wildman–Crippen MR) is 58.3 cm³/mol. The number of hydrogen-bond donors (Lipinski definition) is 1. The van der Waals surface area contributed by atoms with Crippen molar-refractivity contribution in [1.29, 1.82) is 0 Å². The van der Waals surface area contributed by atoms with E-state index < -0.39 is 0 Å². The Kier molecular flexibility index (Phi) is 2.78. The van der Waals surface area contributed by atoms with Gasteiger partial charge in [-0.05, 0) is 24.6 Å². The molecule has 78 valence electrons. The summed E-state index contributed by atoms with van der Waals surface area (Å²) >= 11 is 0. The van der Waals surface area contributed by atoms with Gasteiger partial charge in [0.1, 0.15) is 0 Å². The summed E-state index contributed by atoms with van der Waals surface area (Å²) in [5, 5.41) is 0. The maximum atomic E-state index is 5.99. The number of nitrogens with zero attached hydrogens (tertiary/aromatic N) is 3. The van der Waals surface area contributed by atoms with Gasteiger partial charge in [0, 0.05) is 30.8 Å². The van der Waals surface area contributed by atoms with Gasteiger partial charge in [-0.1, -0.05) is 0 Å². The predicted octanol–water partition coefficient (Wildman–Crippen LogP) is 1.21. The van der Waals surface area contributed by atoms with Gasteiger partial charge in [0.2, 0.25) is 0 Å². The molecule has 2 atom stereocenters. The quantitative estimate of drug-likeness (QED) is 0.814. The van der Waals surface area contributed by atoms with Crippen LogP contribution in [0.3, 0.4) is 0 Å². The maximum Gasteiger partial charge on any atom is 0.0952 e. The first-order valence-corrected chi connectivity index (χ1v) is 4.92. The van der Waals surface area contributed by atoms with Crippen LogP contribution in [0, 0.1) is 0 Å². The number of rotatable bonds is 3. The fourth-order valence-electron chi connectivity index (χ4n) is 1.74. The van der Waals surface area contributed by atoms with Crippen LogP contribution >= 0.6 is 0 Å². The van der Waals surface area contributed by atoms with E-state index >= 15 is 0 Å². The van der Waals surface area contributed by atoms with E-state index in [-0.39, 0.29) is 12.1 Å². The smallest absolute Gasteiger partial charge is 0.0952 e. The minimum Gasteiger partial charge on any atom is -0.328 e. The molecule has 0 aliphatic rings. The molecule has 2 heterocycles. The third kappa shape index (κ3) is 2.05. The van der Waals surface area contributed by atoms with Crippen LogP contribution in [0.5, 0.6) is 0 Å². The number of pyridine rings is 1. The van der Waals surface area contributed by atoms with Gasteiger partial charge in [-0.25, -0.2) is 4.98 Å². The van der Waals surface area contributed by atoms with Crippen LogP contribution in [0.4, 0.5) is 0 Å². The van der Waals surface area contributed by atoms with Gasteiger partial charge in [-0.3, -0.25) is 4.98 Å². The van der Waals surface area contributed by atoms with E-state index in [2.05, 4.69) is 9.97 Å². The molecule has 2 aromatic heterocycles. The second-order valence-corrected chi connectivity index (χ2v) is 3.59. The highest BCUT2D eigenvalue weighted by Gasteiger charge is 2.17. The normalized spacial score (nSPS) is 14.8. The molecule has 2 aromatic rings. The number of imidazole rings is 1. The summed E-state index contributed by atoms with van der Waals surface area (Å²) in [4.78, 5) is 8.05. The van der Waals surface area contributed by atoms with E-state index in [0.29, 0.717) is 0 Å². The molecule has 2 rings (SSSR count). The van der Waals surface area contributed by atoms with Crippen molar-refractivity contribution in [3.8, 4) is 0 Å². The van der Waals surface area contributed by atoms with Crippen molar-refractivity contribution in [1.82, 2.24) is 14.5 Å². The molecule has 2 unspecified atom stereocenters. The third-order valence-electron chi connectivity index (χ3n) is 2.39. The van der Waals surface area contributed by atoms with E-state index in [9.17, 15) is 0 Å². The topological polar surface area (TPSA) is 56.7 Å². The van der Waals surface area contributed by atoms with Crippen molar-refractivity contribution in [3.05, 3.63) is 48.8 Å². The second kappa shape index (κ2) is 4.23. The summed E-state index contributed by atoms with van der Waals surface area (Å²) < 4.78 is 2.01. The van der Waals surface area contributed by atoms with Crippen molar-refractivity contribution in [2.75, 3.05) is 0 Å². The molecule has 4 nitrogen and oxygen atoms in total. The lowest BCUT2D eigenvalue weighted by molar-refractivity contribution is 0.495. The minimum atomic E-state index is 0.0293. The van der Waals surface area contributed by atoms with Crippen LogP contribution in [-0.2, 0) is 0 Å². The molecule has 0 radical (unpaired) electrons. The van der Waals surface area contributed by atoms with Crippen LogP contribution < -0.4 is 5.73 Å². The van der Waals surface area contributed by atoms with Crippen molar-refractivity contribution in [2.45, 2.75) is 19.0 Å². The number of aromatic nitrogens is 3. The highest BCUT2D eigenvalue weighted by atomic mass is 15.1. The zero-order valence-corrected chi connectivity index (χ0v) is 8.62. The van der Waals surface area contributed by atoms with Crippen LogP contribution in [0.2, 0.25) is 0 Å². The van der Waals surface area contributed by atoms with Gasteiger partial charge in [0.05, 0.1) is 12.4 Å². The van der Waals surface area contributed by atoms with Gasteiger partial charge < -0.3 is 10.3 Å². The highest BCUT2D eigenvalue weighted by molar-refractivity contribution is 5.18. The molecule has 4 heteroatoms. The maximum absolute atomic E-state index is 5.99. The first-order valence-electron chi connectivity index (χ1n) is 4.92. The second-order valence-electron chi connectivity index (χ2n) is 3.59. The molecule has 15 heavy (non-hydrogen) atoms. The molecular weight excluding hydrogens is 188 g/mol. The molecule has 0 fully saturated rings. The largest absolute Gasteiger partial charge is 0.328 e. The van der Waals surface area contributed by atoms with E-state index in [4.69, 9.17) is 5.73 Å². The van der Waals surface area contributed by atoms with Gasteiger partial charge in [0.15, 0.2) is 0 Å². The Morgan fingerprint density at radius 2 is 1.93 bits per heavy atom. The fraction of sp³-hybridized carbons (Fsp3) is 0.273. The molecule has 0 saturated heterocycles. The third-order valence-corrected chi connectivity index (χ3v) is 2.39. The summed E-state index contributed by atoms with van der Waals surface area (Å²) in [5.74, 6) is 0. The monoisotopic (exact) mass is 202 g/mol. The molecule has 0 aliphatic heterocycles. The zero-order valence-electron chi connectivity index (χ0n) is 8.62. The summed E-state index contributed by atoms with van der Waals surface area (Å²) in [5.41, 5.74) is 7.14. The Hall–Kier alpha value is -1.68. The zero-order chi connectivity index (χ0) is 10.7. The van der Waals surface area contributed by atoms with Crippen molar-refractivity contribution >= 4 is 0 Å². The van der Waals surface area contributed by atoms with Crippen LogP contribution in [0.1, 0.15) is 18.5 Å². The van der Waals surface area contributed by atoms with Gasteiger partial charge in [0.25, 0.3) is 0 Å². The Morgan fingerprint density at radius 3 is 2.47 bits per heavy atom. The summed E-state index contributed by atoms with van der Waals surface area (Å²) in [7, 11) is 0. The Labute approximate surface area is 88.8 Å². The fourth-order valence-corrected chi connectivity index (χ4v) is 1.74. The molecular formula is C11H14N4. The molecule has 0 bridgehead atoms. The molecule has 0 saturated carbocycles. The standard InChI is InChI=1S/C11H14N4/c1-9(12)11(15-7-6-14-8-15)10-2-4-13-5-3-10/h2-9,11H,12H2,1H3.